The Kier molecular flexibility index (Phi) is 4.87. The molecule has 0 saturated carbocycles. The molecule has 2 aromatic carbocycles. The molecule has 0 spiro atoms. The zero-order valence-corrected chi connectivity index (χ0v) is 12.9. The van der Waals surface area contributed by atoms with Gasteiger partial charge in [-0.05, 0) is 41.5 Å². The van der Waals surface area contributed by atoms with Crippen LogP contribution in [0.1, 0.15) is 22.9 Å². The van der Waals surface area contributed by atoms with Crippen LogP contribution in [0.15, 0.2) is 83.5 Å². The molecule has 0 saturated heterocycles. The van der Waals surface area contributed by atoms with Crippen LogP contribution in [0.4, 0.5) is 4.39 Å². The van der Waals surface area contributed by atoms with Gasteiger partial charge in [-0.1, -0.05) is 42.5 Å². The van der Waals surface area contributed by atoms with Crippen molar-refractivity contribution in [3.05, 3.63) is 102 Å². The third-order valence-electron chi connectivity index (χ3n) is 3.52. The van der Waals surface area contributed by atoms with Crippen LogP contribution < -0.4 is 5.32 Å². The predicted octanol–water partition coefficient (Wildman–Crippen LogP) is 4.34. The highest BCUT2D eigenvalue weighted by Gasteiger charge is 2.17. The second-order valence-electron chi connectivity index (χ2n) is 5.26. The molecular formula is C20H16FNO2. The summed E-state index contributed by atoms with van der Waals surface area (Å²) >= 11 is 0. The van der Waals surface area contributed by atoms with E-state index in [2.05, 4.69) is 5.32 Å². The molecule has 0 aliphatic rings. The summed E-state index contributed by atoms with van der Waals surface area (Å²) in [4.78, 5) is 12.2. The minimum atomic E-state index is -0.383. The number of benzene rings is 2. The van der Waals surface area contributed by atoms with Crippen LogP contribution >= 0.6 is 0 Å². The van der Waals surface area contributed by atoms with Gasteiger partial charge in [-0.15, -0.1) is 0 Å². The van der Waals surface area contributed by atoms with Crippen molar-refractivity contribution in [2.24, 2.45) is 0 Å². The lowest BCUT2D eigenvalue weighted by atomic mass is 10.0. The van der Waals surface area contributed by atoms with Gasteiger partial charge in [0.25, 0.3) is 0 Å². The Labute approximate surface area is 139 Å². The van der Waals surface area contributed by atoms with Gasteiger partial charge in [0.2, 0.25) is 5.91 Å². The van der Waals surface area contributed by atoms with Crippen molar-refractivity contribution in [3.8, 4) is 0 Å². The smallest absolute Gasteiger partial charge is 0.244 e. The van der Waals surface area contributed by atoms with Gasteiger partial charge in [0.1, 0.15) is 17.6 Å². The van der Waals surface area contributed by atoms with Gasteiger partial charge in [0.05, 0.1) is 6.26 Å². The fourth-order valence-corrected chi connectivity index (χ4v) is 2.39. The maximum Gasteiger partial charge on any atom is 0.244 e. The van der Waals surface area contributed by atoms with Gasteiger partial charge in [-0.2, -0.15) is 0 Å². The highest BCUT2D eigenvalue weighted by Crippen LogP contribution is 2.22. The van der Waals surface area contributed by atoms with E-state index in [-0.39, 0.29) is 17.8 Å². The average Bonchev–Trinajstić information content (AvgIpc) is 3.13. The normalized spacial score (nSPS) is 12.2. The minimum Gasteiger partial charge on any atom is -0.467 e. The van der Waals surface area contributed by atoms with E-state index < -0.39 is 0 Å². The molecule has 0 fully saturated rings. The maximum atomic E-state index is 13.2. The molecule has 0 unspecified atom stereocenters. The lowest BCUT2D eigenvalue weighted by molar-refractivity contribution is -0.117. The predicted molar refractivity (Wildman–Crippen MR) is 90.6 cm³/mol. The maximum absolute atomic E-state index is 13.2. The standard InChI is InChI=1S/C20H16FNO2/c21-17-9-4-6-15(14-17)11-12-19(23)22-20(18-10-5-13-24-18)16-7-2-1-3-8-16/h1-14,20H,(H,22,23)/b12-11+/t20-/m1/s1. The summed E-state index contributed by atoms with van der Waals surface area (Å²) in [5.41, 5.74) is 1.54. The molecule has 120 valence electrons. The van der Waals surface area contributed by atoms with Gasteiger partial charge in [0, 0.05) is 6.08 Å². The highest BCUT2D eigenvalue weighted by molar-refractivity contribution is 5.92. The Bertz CT molecular complexity index is 826. The van der Waals surface area contributed by atoms with Gasteiger partial charge in [-0.3, -0.25) is 4.79 Å². The van der Waals surface area contributed by atoms with Crippen LogP contribution in [-0.2, 0) is 4.79 Å². The second-order valence-corrected chi connectivity index (χ2v) is 5.26. The van der Waals surface area contributed by atoms with Crippen LogP contribution in [-0.4, -0.2) is 5.91 Å². The van der Waals surface area contributed by atoms with Crippen molar-refractivity contribution in [1.29, 1.82) is 0 Å². The first kappa shape index (κ1) is 15.7. The molecule has 0 aliphatic heterocycles. The second kappa shape index (κ2) is 7.42. The van der Waals surface area contributed by atoms with E-state index in [1.165, 1.54) is 18.2 Å². The zero-order valence-electron chi connectivity index (χ0n) is 12.9. The molecule has 24 heavy (non-hydrogen) atoms. The molecule has 0 radical (unpaired) electrons. The molecular weight excluding hydrogens is 305 g/mol. The van der Waals surface area contributed by atoms with E-state index in [9.17, 15) is 9.18 Å². The monoisotopic (exact) mass is 321 g/mol. The third-order valence-corrected chi connectivity index (χ3v) is 3.52. The zero-order chi connectivity index (χ0) is 16.8. The van der Waals surface area contributed by atoms with Gasteiger partial charge < -0.3 is 9.73 Å². The summed E-state index contributed by atoms with van der Waals surface area (Å²) in [6.45, 7) is 0. The number of hydrogen-bond donors (Lipinski definition) is 1. The van der Waals surface area contributed by atoms with E-state index in [1.54, 1.807) is 30.5 Å². The Morgan fingerprint density at radius 1 is 1.04 bits per heavy atom. The Hall–Kier alpha value is -3.14. The van der Waals surface area contributed by atoms with E-state index in [4.69, 9.17) is 4.42 Å². The number of hydrogen-bond acceptors (Lipinski definition) is 2. The van der Waals surface area contributed by atoms with Gasteiger partial charge in [0.15, 0.2) is 0 Å². The summed E-state index contributed by atoms with van der Waals surface area (Å²) in [5, 5.41) is 2.91. The number of carbonyl (C=O) groups excluding carboxylic acids is 1. The van der Waals surface area contributed by atoms with E-state index >= 15 is 0 Å². The van der Waals surface area contributed by atoms with Crippen molar-refractivity contribution in [1.82, 2.24) is 5.32 Å². The first-order valence-electron chi connectivity index (χ1n) is 7.55. The highest BCUT2D eigenvalue weighted by atomic mass is 19.1. The number of furan rings is 1. The quantitative estimate of drug-likeness (QED) is 0.710. The minimum absolute atomic E-state index is 0.287. The first-order chi connectivity index (χ1) is 11.7. The van der Waals surface area contributed by atoms with Crippen molar-refractivity contribution in [2.75, 3.05) is 0 Å². The molecule has 3 nitrogen and oxygen atoms in total. The van der Waals surface area contributed by atoms with Crippen LogP contribution in [0.3, 0.4) is 0 Å². The van der Waals surface area contributed by atoms with E-state index in [0.29, 0.717) is 11.3 Å². The molecule has 1 aromatic heterocycles. The van der Waals surface area contributed by atoms with Crippen molar-refractivity contribution in [3.63, 3.8) is 0 Å². The number of halogens is 1. The Morgan fingerprint density at radius 3 is 2.58 bits per heavy atom. The number of amides is 1. The van der Waals surface area contributed by atoms with E-state index in [0.717, 1.165) is 5.56 Å². The SMILES string of the molecule is O=C(/C=C/c1cccc(F)c1)N[C@H](c1ccccc1)c1ccco1. The summed E-state index contributed by atoms with van der Waals surface area (Å²) < 4.78 is 18.6. The lowest BCUT2D eigenvalue weighted by Gasteiger charge is -2.16. The first-order valence-corrected chi connectivity index (χ1v) is 7.55. The molecule has 1 amide bonds. The molecule has 1 atom stereocenters. The molecule has 1 heterocycles. The number of nitrogens with one attached hydrogen (secondary N) is 1. The summed E-state index contributed by atoms with van der Waals surface area (Å²) in [7, 11) is 0. The van der Waals surface area contributed by atoms with E-state index in [1.807, 2.05) is 36.4 Å². The van der Waals surface area contributed by atoms with Crippen molar-refractivity contribution >= 4 is 12.0 Å². The fourth-order valence-electron chi connectivity index (χ4n) is 2.39. The summed E-state index contributed by atoms with van der Waals surface area (Å²) in [6, 6.07) is 18.8. The summed E-state index contributed by atoms with van der Waals surface area (Å²) in [5.74, 6) is 0.0218. The summed E-state index contributed by atoms with van der Waals surface area (Å²) in [6.07, 6.45) is 4.52. The van der Waals surface area contributed by atoms with Crippen LogP contribution in [0.25, 0.3) is 6.08 Å². The average molecular weight is 321 g/mol. The fraction of sp³-hybridized carbons (Fsp3) is 0.0500. The third kappa shape index (κ3) is 3.98. The molecule has 0 aliphatic carbocycles. The van der Waals surface area contributed by atoms with Gasteiger partial charge in [-0.25, -0.2) is 4.39 Å². The molecule has 3 rings (SSSR count). The van der Waals surface area contributed by atoms with Gasteiger partial charge >= 0.3 is 0 Å². The largest absolute Gasteiger partial charge is 0.467 e. The van der Waals surface area contributed by atoms with Crippen molar-refractivity contribution < 1.29 is 13.6 Å². The molecule has 4 heteroatoms. The van der Waals surface area contributed by atoms with Crippen LogP contribution in [0.5, 0.6) is 0 Å². The number of rotatable bonds is 5. The van der Waals surface area contributed by atoms with Crippen LogP contribution in [0.2, 0.25) is 0 Å². The molecule has 1 N–H and O–H groups in total. The topological polar surface area (TPSA) is 42.2 Å². The Morgan fingerprint density at radius 2 is 1.88 bits per heavy atom. The molecule has 0 bridgehead atoms. The lowest BCUT2D eigenvalue weighted by Crippen LogP contribution is -2.27. The Balaban J connectivity index is 1.77. The van der Waals surface area contributed by atoms with Crippen molar-refractivity contribution in [2.45, 2.75) is 6.04 Å². The molecule has 3 aromatic rings. The van der Waals surface area contributed by atoms with Crippen LogP contribution in [0, 0.1) is 5.82 Å². The number of carbonyl (C=O) groups is 1.